The maximum Gasteiger partial charge on any atom is 0.335 e. The largest absolute Gasteiger partial charge is 0.493 e. The maximum atomic E-state index is 12.8. The molecule has 3 N–H and O–H groups in total. The van der Waals surface area contributed by atoms with Gasteiger partial charge in [-0.2, -0.15) is 0 Å². The third-order valence-electron chi connectivity index (χ3n) is 4.93. The quantitative estimate of drug-likeness (QED) is 0.306. The van der Waals surface area contributed by atoms with E-state index in [9.17, 15) is 14.7 Å². The number of para-hydroxylation sites is 1. The Morgan fingerprint density at radius 3 is 2.52 bits per heavy atom. The molecule has 0 saturated carbocycles. The normalized spacial score (nSPS) is 11.4. The molecule has 0 bridgehead atoms. The van der Waals surface area contributed by atoms with Gasteiger partial charge in [-0.1, -0.05) is 65.7 Å². The van der Waals surface area contributed by atoms with Gasteiger partial charge in [0, 0.05) is 10.7 Å². The molecular weight excluding hydrogens is 440 g/mol. The standard InChI is InChI=1S/C25H21ClN4O3/c1-16-7-5-8-17(13-16)15-27-22(28-19-10-3-2-4-11-19)21-23(31)29-25(33)30(24(21)32)20-12-6-9-18(26)14-20/h2-14,32H,15H2,1H3,(H,27,28)(H,29,31,33). The number of aryl methyl sites for hydroxylation is 1. The van der Waals surface area contributed by atoms with Crippen molar-refractivity contribution in [3.05, 3.63) is 121 Å². The second kappa shape index (κ2) is 9.58. The third kappa shape index (κ3) is 5.05. The number of amidine groups is 1. The summed E-state index contributed by atoms with van der Waals surface area (Å²) in [6.45, 7) is 2.24. The van der Waals surface area contributed by atoms with E-state index in [1.807, 2.05) is 49.4 Å². The molecule has 0 aliphatic rings. The molecule has 0 spiro atoms. The zero-order valence-electron chi connectivity index (χ0n) is 17.7. The maximum absolute atomic E-state index is 12.8. The highest BCUT2D eigenvalue weighted by Gasteiger charge is 2.21. The minimum Gasteiger partial charge on any atom is -0.493 e. The zero-order chi connectivity index (χ0) is 23.4. The number of benzene rings is 3. The highest BCUT2D eigenvalue weighted by atomic mass is 35.5. The van der Waals surface area contributed by atoms with Crippen LogP contribution in [0.4, 0.5) is 5.69 Å². The van der Waals surface area contributed by atoms with E-state index >= 15 is 0 Å². The molecule has 7 nitrogen and oxygen atoms in total. The van der Waals surface area contributed by atoms with Crippen LogP contribution in [0.3, 0.4) is 0 Å². The Bertz CT molecular complexity index is 1440. The molecule has 3 aromatic carbocycles. The summed E-state index contributed by atoms with van der Waals surface area (Å²) in [6.07, 6.45) is 0. The number of anilines is 1. The van der Waals surface area contributed by atoms with Gasteiger partial charge in [-0.25, -0.2) is 9.36 Å². The molecule has 8 heteroatoms. The van der Waals surface area contributed by atoms with Crippen LogP contribution in [-0.2, 0) is 6.54 Å². The first kappa shape index (κ1) is 22.1. The Morgan fingerprint density at radius 1 is 1.03 bits per heavy atom. The number of hydrogen-bond donors (Lipinski definition) is 3. The fourth-order valence-electron chi connectivity index (χ4n) is 3.41. The fraction of sp³-hybridized carbons (Fsp3) is 0.0800. The molecule has 0 atom stereocenters. The van der Waals surface area contributed by atoms with E-state index in [0.717, 1.165) is 15.7 Å². The lowest BCUT2D eigenvalue weighted by atomic mass is 10.1. The van der Waals surface area contributed by atoms with Crippen LogP contribution in [0.2, 0.25) is 5.02 Å². The highest BCUT2D eigenvalue weighted by Crippen LogP contribution is 2.21. The van der Waals surface area contributed by atoms with Gasteiger partial charge in [0.2, 0.25) is 5.88 Å². The SMILES string of the molecule is Cc1cccc(CN=C(Nc2ccccc2)c2c(O)n(-c3cccc(Cl)c3)c(=O)[nH]c2=O)c1. The van der Waals surface area contributed by atoms with Crippen LogP contribution < -0.4 is 16.6 Å². The summed E-state index contributed by atoms with van der Waals surface area (Å²) in [4.78, 5) is 32.3. The Balaban J connectivity index is 1.87. The van der Waals surface area contributed by atoms with E-state index < -0.39 is 17.1 Å². The molecular formula is C25H21ClN4O3. The van der Waals surface area contributed by atoms with E-state index in [0.29, 0.717) is 16.4 Å². The van der Waals surface area contributed by atoms with E-state index in [1.54, 1.807) is 30.3 Å². The smallest absolute Gasteiger partial charge is 0.335 e. The fourth-order valence-corrected chi connectivity index (χ4v) is 3.60. The number of aromatic amines is 1. The van der Waals surface area contributed by atoms with Gasteiger partial charge in [0.25, 0.3) is 5.56 Å². The monoisotopic (exact) mass is 460 g/mol. The molecule has 0 unspecified atom stereocenters. The Morgan fingerprint density at radius 2 is 1.79 bits per heavy atom. The Kier molecular flexibility index (Phi) is 6.42. The number of H-pyrrole nitrogens is 1. The van der Waals surface area contributed by atoms with Gasteiger partial charge in [0.15, 0.2) is 0 Å². The van der Waals surface area contributed by atoms with Crippen LogP contribution in [0.1, 0.15) is 16.7 Å². The average Bonchev–Trinajstić information content (AvgIpc) is 2.78. The summed E-state index contributed by atoms with van der Waals surface area (Å²) in [5.41, 5.74) is 1.27. The van der Waals surface area contributed by atoms with Crippen molar-refractivity contribution < 1.29 is 5.11 Å². The summed E-state index contributed by atoms with van der Waals surface area (Å²) in [6, 6.07) is 23.3. The van der Waals surface area contributed by atoms with Crippen molar-refractivity contribution in [1.29, 1.82) is 0 Å². The summed E-state index contributed by atoms with van der Waals surface area (Å²) in [5.74, 6) is -0.422. The van der Waals surface area contributed by atoms with Crippen LogP contribution in [-0.4, -0.2) is 20.5 Å². The second-order valence-corrected chi connectivity index (χ2v) is 7.85. The van der Waals surface area contributed by atoms with Gasteiger partial charge in [-0.05, 0) is 42.8 Å². The molecule has 1 heterocycles. The first-order valence-corrected chi connectivity index (χ1v) is 10.6. The number of hydrogen-bond acceptors (Lipinski definition) is 4. The van der Waals surface area contributed by atoms with Crippen LogP contribution in [0.25, 0.3) is 5.69 Å². The lowest BCUT2D eigenvalue weighted by Crippen LogP contribution is -2.35. The summed E-state index contributed by atoms with van der Waals surface area (Å²) < 4.78 is 0.984. The number of rotatable bonds is 5. The van der Waals surface area contributed by atoms with Crippen molar-refractivity contribution in [3.8, 4) is 11.6 Å². The first-order valence-electron chi connectivity index (χ1n) is 10.2. The number of aromatic hydroxyl groups is 1. The molecule has 166 valence electrons. The zero-order valence-corrected chi connectivity index (χ0v) is 18.5. The van der Waals surface area contributed by atoms with Crippen molar-refractivity contribution >= 4 is 23.1 Å². The molecule has 4 aromatic rings. The number of nitrogens with one attached hydrogen (secondary N) is 2. The predicted molar refractivity (Wildman–Crippen MR) is 131 cm³/mol. The summed E-state index contributed by atoms with van der Waals surface area (Å²) >= 11 is 6.07. The van der Waals surface area contributed by atoms with E-state index in [2.05, 4.69) is 15.3 Å². The molecule has 1 aromatic heterocycles. The van der Waals surface area contributed by atoms with Crippen molar-refractivity contribution in [2.24, 2.45) is 4.99 Å². The van der Waals surface area contributed by atoms with Gasteiger partial charge in [-0.15, -0.1) is 0 Å². The molecule has 4 rings (SSSR count). The number of halogens is 1. The summed E-state index contributed by atoms with van der Waals surface area (Å²) in [7, 11) is 0. The lowest BCUT2D eigenvalue weighted by Gasteiger charge is -2.15. The van der Waals surface area contributed by atoms with E-state index in [1.165, 1.54) is 6.07 Å². The number of aliphatic imine (C=N–C) groups is 1. The van der Waals surface area contributed by atoms with Gasteiger partial charge in [-0.3, -0.25) is 14.8 Å². The van der Waals surface area contributed by atoms with Crippen molar-refractivity contribution in [1.82, 2.24) is 9.55 Å². The van der Waals surface area contributed by atoms with Crippen molar-refractivity contribution in [2.45, 2.75) is 13.5 Å². The second-order valence-electron chi connectivity index (χ2n) is 7.42. The highest BCUT2D eigenvalue weighted by molar-refractivity contribution is 6.30. The van der Waals surface area contributed by atoms with Crippen LogP contribution in [0, 0.1) is 6.92 Å². The topological polar surface area (TPSA) is 99.5 Å². The summed E-state index contributed by atoms with van der Waals surface area (Å²) in [5, 5.41) is 14.5. The molecule has 0 saturated heterocycles. The Labute approximate surface area is 194 Å². The first-order chi connectivity index (χ1) is 15.9. The third-order valence-corrected chi connectivity index (χ3v) is 5.16. The van der Waals surface area contributed by atoms with Crippen molar-refractivity contribution in [2.75, 3.05) is 5.32 Å². The van der Waals surface area contributed by atoms with Crippen molar-refractivity contribution in [3.63, 3.8) is 0 Å². The van der Waals surface area contributed by atoms with Gasteiger partial charge < -0.3 is 10.4 Å². The van der Waals surface area contributed by atoms with E-state index in [-0.39, 0.29) is 17.9 Å². The molecule has 0 aliphatic carbocycles. The molecule has 0 fully saturated rings. The molecule has 0 radical (unpaired) electrons. The van der Waals surface area contributed by atoms with Gasteiger partial charge >= 0.3 is 5.69 Å². The minimum atomic E-state index is -0.790. The number of aromatic nitrogens is 2. The van der Waals surface area contributed by atoms with E-state index in [4.69, 9.17) is 11.6 Å². The minimum absolute atomic E-state index is 0.122. The average molecular weight is 461 g/mol. The molecule has 33 heavy (non-hydrogen) atoms. The van der Waals surface area contributed by atoms with Gasteiger partial charge in [0.05, 0.1) is 12.2 Å². The Hall–Kier alpha value is -4.10. The van der Waals surface area contributed by atoms with Crippen LogP contribution in [0.5, 0.6) is 5.88 Å². The number of nitrogens with zero attached hydrogens (tertiary/aromatic N) is 2. The lowest BCUT2D eigenvalue weighted by molar-refractivity contribution is 0.429. The predicted octanol–water partition coefficient (Wildman–Crippen LogP) is 4.25. The van der Waals surface area contributed by atoms with Crippen LogP contribution in [0.15, 0.2) is 93.4 Å². The molecule has 0 amide bonds. The van der Waals surface area contributed by atoms with Crippen LogP contribution >= 0.6 is 11.6 Å². The van der Waals surface area contributed by atoms with Gasteiger partial charge in [0.1, 0.15) is 11.4 Å². The molecule has 0 aliphatic heterocycles.